The summed E-state index contributed by atoms with van der Waals surface area (Å²) in [4.78, 5) is 14.8. The van der Waals surface area contributed by atoms with E-state index in [0.717, 1.165) is 30.8 Å². The smallest absolute Gasteiger partial charge is 0.226 e. The van der Waals surface area contributed by atoms with E-state index in [4.69, 9.17) is 17.3 Å². The summed E-state index contributed by atoms with van der Waals surface area (Å²) in [5, 5.41) is 0.747. The zero-order valence-electron chi connectivity index (χ0n) is 12.5. The fourth-order valence-electron chi connectivity index (χ4n) is 3.55. The largest absolute Gasteiger partial charge is 0.338 e. The van der Waals surface area contributed by atoms with Gasteiger partial charge in [-0.15, -0.1) is 0 Å². The van der Waals surface area contributed by atoms with Gasteiger partial charge in [0, 0.05) is 30.1 Å². The zero-order chi connectivity index (χ0) is 15.0. The van der Waals surface area contributed by atoms with Crippen LogP contribution in [0.15, 0.2) is 24.3 Å². The summed E-state index contributed by atoms with van der Waals surface area (Å²) in [5.41, 5.74) is 7.06. The first kappa shape index (κ1) is 14.9. The van der Waals surface area contributed by atoms with Crippen LogP contribution in [0.1, 0.15) is 37.7 Å². The van der Waals surface area contributed by atoms with Crippen LogP contribution >= 0.6 is 11.6 Å². The number of likely N-dealkylation sites (tertiary alicyclic amines) is 1. The Morgan fingerprint density at radius 1 is 1.43 bits per heavy atom. The van der Waals surface area contributed by atoms with E-state index >= 15 is 0 Å². The molecule has 4 unspecified atom stereocenters. The lowest BCUT2D eigenvalue weighted by Gasteiger charge is -2.38. The van der Waals surface area contributed by atoms with Crippen LogP contribution in [0.5, 0.6) is 0 Å². The van der Waals surface area contributed by atoms with Gasteiger partial charge in [-0.3, -0.25) is 4.79 Å². The average molecular weight is 307 g/mol. The Hall–Kier alpha value is -1.06. The van der Waals surface area contributed by atoms with Crippen molar-refractivity contribution in [2.75, 3.05) is 13.1 Å². The van der Waals surface area contributed by atoms with Crippen LogP contribution in [-0.4, -0.2) is 29.9 Å². The maximum absolute atomic E-state index is 12.7. The van der Waals surface area contributed by atoms with Crippen LogP contribution in [0, 0.1) is 11.8 Å². The predicted molar refractivity (Wildman–Crippen MR) is 85.3 cm³/mol. The monoisotopic (exact) mass is 306 g/mol. The van der Waals surface area contributed by atoms with Gasteiger partial charge in [0.25, 0.3) is 0 Å². The molecule has 1 heterocycles. The highest BCUT2D eigenvalue weighted by Gasteiger charge is 2.47. The Kier molecular flexibility index (Phi) is 4.23. The summed E-state index contributed by atoms with van der Waals surface area (Å²) in [6, 6.07) is 8.12. The molecule has 3 nitrogen and oxygen atoms in total. The first-order valence-corrected chi connectivity index (χ1v) is 8.24. The molecular formula is C17H23ClN2O. The Labute approximate surface area is 131 Å². The molecule has 0 radical (unpaired) electrons. The summed E-state index contributed by atoms with van der Waals surface area (Å²) in [6.07, 6.45) is 3.08. The number of hydrogen-bond donors (Lipinski definition) is 1. The highest BCUT2D eigenvalue weighted by molar-refractivity contribution is 6.30. The van der Waals surface area contributed by atoms with Gasteiger partial charge in [0.2, 0.25) is 5.91 Å². The van der Waals surface area contributed by atoms with Gasteiger partial charge in [-0.25, -0.2) is 0 Å². The highest BCUT2D eigenvalue weighted by atomic mass is 35.5. The van der Waals surface area contributed by atoms with Crippen LogP contribution in [-0.2, 0) is 4.79 Å². The first-order valence-electron chi connectivity index (χ1n) is 7.86. The van der Waals surface area contributed by atoms with E-state index in [1.165, 1.54) is 5.56 Å². The standard InChI is InChI=1S/C17H23ClN2O/c1-11-5-6-20(14(7-11)10-19)17(21)16-9-15(16)12-3-2-4-13(18)8-12/h2-4,8,11,14-16H,5-7,9-10,19H2,1H3. The molecule has 1 saturated heterocycles. The van der Waals surface area contributed by atoms with Crippen molar-refractivity contribution in [1.29, 1.82) is 0 Å². The Morgan fingerprint density at radius 2 is 2.24 bits per heavy atom. The quantitative estimate of drug-likeness (QED) is 0.933. The fraction of sp³-hybridized carbons (Fsp3) is 0.588. The lowest BCUT2D eigenvalue weighted by atomic mass is 9.92. The Balaban J connectivity index is 1.67. The number of nitrogens with two attached hydrogens (primary N) is 1. The summed E-state index contributed by atoms with van der Waals surface area (Å²) in [5.74, 6) is 1.44. The summed E-state index contributed by atoms with van der Waals surface area (Å²) in [7, 11) is 0. The molecule has 1 aliphatic heterocycles. The van der Waals surface area contributed by atoms with Crippen LogP contribution in [0.25, 0.3) is 0 Å². The highest BCUT2D eigenvalue weighted by Crippen LogP contribution is 2.49. The van der Waals surface area contributed by atoms with Crippen molar-refractivity contribution in [3.05, 3.63) is 34.9 Å². The van der Waals surface area contributed by atoms with E-state index in [1.807, 2.05) is 23.1 Å². The maximum Gasteiger partial charge on any atom is 0.226 e. The second-order valence-corrected chi connectivity index (χ2v) is 6.99. The molecule has 0 aromatic heterocycles. The van der Waals surface area contributed by atoms with Crippen molar-refractivity contribution in [3.8, 4) is 0 Å². The molecule has 1 saturated carbocycles. The third-order valence-electron chi connectivity index (χ3n) is 4.92. The van der Waals surface area contributed by atoms with Crippen molar-refractivity contribution in [2.24, 2.45) is 17.6 Å². The minimum Gasteiger partial charge on any atom is -0.338 e. The molecule has 1 aliphatic carbocycles. The van der Waals surface area contributed by atoms with Gasteiger partial charge in [-0.1, -0.05) is 30.7 Å². The summed E-state index contributed by atoms with van der Waals surface area (Å²) >= 11 is 6.04. The first-order chi connectivity index (χ1) is 10.1. The molecule has 2 fully saturated rings. The number of amides is 1. The average Bonchev–Trinajstić information content (AvgIpc) is 3.27. The third kappa shape index (κ3) is 3.09. The van der Waals surface area contributed by atoms with Gasteiger partial charge >= 0.3 is 0 Å². The molecule has 1 aromatic carbocycles. The number of benzene rings is 1. The van der Waals surface area contributed by atoms with Crippen LogP contribution in [0.2, 0.25) is 5.02 Å². The van der Waals surface area contributed by atoms with Crippen molar-refractivity contribution in [3.63, 3.8) is 0 Å². The van der Waals surface area contributed by atoms with Crippen molar-refractivity contribution in [1.82, 2.24) is 4.90 Å². The molecular weight excluding hydrogens is 284 g/mol. The molecule has 0 bridgehead atoms. The van der Waals surface area contributed by atoms with Gasteiger partial charge in [-0.05, 0) is 48.8 Å². The fourth-order valence-corrected chi connectivity index (χ4v) is 3.75. The second kappa shape index (κ2) is 5.98. The van der Waals surface area contributed by atoms with E-state index in [-0.39, 0.29) is 12.0 Å². The number of carbonyl (C=O) groups is 1. The Bertz CT molecular complexity index is 533. The SMILES string of the molecule is CC1CCN(C(=O)C2CC2c2cccc(Cl)c2)C(CN)C1. The van der Waals surface area contributed by atoms with Gasteiger partial charge in [0.05, 0.1) is 0 Å². The van der Waals surface area contributed by atoms with E-state index in [1.54, 1.807) is 0 Å². The topological polar surface area (TPSA) is 46.3 Å². The van der Waals surface area contributed by atoms with E-state index in [0.29, 0.717) is 24.3 Å². The molecule has 114 valence electrons. The van der Waals surface area contributed by atoms with Crippen molar-refractivity contribution in [2.45, 2.75) is 38.1 Å². The number of carbonyl (C=O) groups excluding carboxylic acids is 1. The van der Waals surface area contributed by atoms with E-state index < -0.39 is 0 Å². The third-order valence-corrected chi connectivity index (χ3v) is 5.15. The molecule has 1 amide bonds. The number of nitrogens with zero attached hydrogens (tertiary/aromatic N) is 1. The summed E-state index contributed by atoms with van der Waals surface area (Å²) < 4.78 is 0. The molecule has 21 heavy (non-hydrogen) atoms. The lowest BCUT2D eigenvalue weighted by molar-refractivity contribution is -0.136. The molecule has 4 atom stereocenters. The van der Waals surface area contributed by atoms with Gasteiger partial charge in [0.15, 0.2) is 0 Å². The van der Waals surface area contributed by atoms with Crippen molar-refractivity contribution < 1.29 is 4.79 Å². The zero-order valence-corrected chi connectivity index (χ0v) is 13.2. The summed E-state index contributed by atoms with van der Waals surface area (Å²) in [6.45, 7) is 3.68. The molecule has 2 aliphatic rings. The number of rotatable bonds is 3. The second-order valence-electron chi connectivity index (χ2n) is 6.55. The molecule has 3 rings (SSSR count). The maximum atomic E-state index is 12.7. The van der Waals surface area contributed by atoms with Gasteiger partial charge in [-0.2, -0.15) is 0 Å². The molecule has 0 spiro atoms. The predicted octanol–water partition coefficient (Wildman–Crippen LogP) is 3.03. The number of halogens is 1. The normalized spacial score (nSPS) is 32.0. The number of hydrogen-bond acceptors (Lipinski definition) is 2. The lowest BCUT2D eigenvalue weighted by Crippen LogP contribution is -2.49. The minimum absolute atomic E-state index is 0.130. The van der Waals surface area contributed by atoms with E-state index in [2.05, 4.69) is 13.0 Å². The van der Waals surface area contributed by atoms with Gasteiger partial charge < -0.3 is 10.6 Å². The van der Waals surface area contributed by atoms with Crippen LogP contribution in [0.4, 0.5) is 0 Å². The van der Waals surface area contributed by atoms with Crippen LogP contribution < -0.4 is 5.73 Å². The van der Waals surface area contributed by atoms with E-state index in [9.17, 15) is 4.79 Å². The minimum atomic E-state index is 0.130. The van der Waals surface area contributed by atoms with Crippen LogP contribution in [0.3, 0.4) is 0 Å². The van der Waals surface area contributed by atoms with Gasteiger partial charge in [0.1, 0.15) is 0 Å². The molecule has 2 N–H and O–H groups in total. The Morgan fingerprint density at radius 3 is 2.95 bits per heavy atom. The number of piperidine rings is 1. The molecule has 1 aromatic rings. The van der Waals surface area contributed by atoms with Crippen molar-refractivity contribution >= 4 is 17.5 Å². The molecule has 4 heteroatoms.